The van der Waals surface area contributed by atoms with E-state index in [0.717, 1.165) is 34.2 Å². The van der Waals surface area contributed by atoms with E-state index in [1.54, 1.807) is 19.1 Å². The minimum atomic E-state index is -0.922. The third kappa shape index (κ3) is 3.12. The molecule has 0 fully saturated rings. The summed E-state index contributed by atoms with van der Waals surface area (Å²) in [5, 5.41) is 10.3. The van der Waals surface area contributed by atoms with Crippen molar-refractivity contribution in [1.29, 1.82) is 0 Å². The fourth-order valence-electron chi connectivity index (χ4n) is 2.84. The predicted molar refractivity (Wildman–Crippen MR) is 93.5 cm³/mol. The van der Waals surface area contributed by atoms with Gasteiger partial charge in [0.15, 0.2) is 0 Å². The molecule has 4 N–H and O–H groups in total. The second kappa shape index (κ2) is 6.76. The van der Waals surface area contributed by atoms with Gasteiger partial charge in [0.1, 0.15) is 12.4 Å². The quantitative estimate of drug-likeness (QED) is 0.649. The van der Waals surface area contributed by atoms with Crippen LogP contribution in [0.2, 0.25) is 0 Å². The lowest BCUT2D eigenvalue weighted by Crippen LogP contribution is -2.05. The Hall–Kier alpha value is -2.79. The number of aromatic nitrogens is 1. The minimum Gasteiger partial charge on any atom is -0.489 e. The standard InChI is InChI=1S/C19H20N2O3/c1-12-14(3-2-4-16(12)19(22)23)11-24-15-5-6-18-17(9-15)13(7-8-20)10-21-18/h2-6,9-10,21H,7-8,11,20H2,1H3,(H,22,23). The van der Waals surface area contributed by atoms with Crippen molar-refractivity contribution in [3.63, 3.8) is 0 Å². The third-order valence-corrected chi connectivity index (χ3v) is 4.22. The molecule has 0 unspecified atom stereocenters. The first-order valence-corrected chi connectivity index (χ1v) is 7.85. The maximum Gasteiger partial charge on any atom is 0.335 e. The Morgan fingerprint density at radius 2 is 2.08 bits per heavy atom. The van der Waals surface area contributed by atoms with E-state index in [1.165, 1.54) is 5.56 Å². The zero-order valence-corrected chi connectivity index (χ0v) is 13.5. The molecule has 0 atom stereocenters. The van der Waals surface area contributed by atoms with Gasteiger partial charge < -0.3 is 20.6 Å². The molecule has 0 radical (unpaired) electrons. The molecule has 0 spiro atoms. The minimum absolute atomic E-state index is 0.308. The molecule has 0 saturated heterocycles. The SMILES string of the molecule is Cc1c(COc2ccc3[nH]cc(CCN)c3c2)cccc1C(=O)O. The number of carbonyl (C=O) groups is 1. The normalized spacial score (nSPS) is 10.9. The maximum atomic E-state index is 11.2. The smallest absolute Gasteiger partial charge is 0.335 e. The van der Waals surface area contributed by atoms with Gasteiger partial charge in [0, 0.05) is 17.1 Å². The van der Waals surface area contributed by atoms with Gasteiger partial charge in [0.2, 0.25) is 0 Å². The molecule has 3 aromatic rings. The topological polar surface area (TPSA) is 88.3 Å². The highest BCUT2D eigenvalue weighted by molar-refractivity contribution is 5.89. The van der Waals surface area contributed by atoms with Crippen LogP contribution in [0.3, 0.4) is 0 Å². The lowest BCUT2D eigenvalue weighted by molar-refractivity contribution is 0.0696. The van der Waals surface area contributed by atoms with Crippen LogP contribution < -0.4 is 10.5 Å². The zero-order valence-electron chi connectivity index (χ0n) is 13.5. The van der Waals surface area contributed by atoms with Crippen LogP contribution in [0.25, 0.3) is 10.9 Å². The van der Waals surface area contributed by atoms with Gasteiger partial charge in [0.05, 0.1) is 5.56 Å². The second-order valence-electron chi connectivity index (χ2n) is 5.74. The van der Waals surface area contributed by atoms with E-state index >= 15 is 0 Å². The van der Waals surface area contributed by atoms with E-state index in [2.05, 4.69) is 4.98 Å². The Balaban J connectivity index is 1.82. The number of carboxylic acids is 1. The van der Waals surface area contributed by atoms with Crippen LogP contribution in [0.4, 0.5) is 0 Å². The van der Waals surface area contributed by atoms with Gasteiger partial charge in [0.25, 0.3) is 0 Å². The molecule has 5 heteroatoms. The number of fused-ring (bicyclic) bond motifs is 1. The summed E-state index contributed by atoms with van der Waals surface area (Å²) in [5.74, 6) is -0.171. The molecule has 0 aliphatic carbocycles. The lowest BCUT2D eigenvalue weighted by atomic mass is 10.0. The van der Waals surface area contributed by atoms with Crippen LogP contribution in [-0.4, -0.2) is 22.6 Å². The number of benzene rings is 2. The molecule has 3 rings (SSSR count). The van der Waals surface area contributed by atoms with Crippen LogP contribution in [-0.2, 0) is 13.0 Å². The number of H-pyrrole nitrogens is 1. The first-order chi connectivity index (χ1) is 11.6. The molecular formula is C19H20N2O3. The Kier molecular flexibility index (Phi) is 4.53. The second-order valence-corrected chi connectivity index (χ2v) is 5.74. The van der Waals surface area contributed by atoms with Crippen molar-refractivity contribution >= 4 is 16.9 Å². The van der Waals surface area contributed by atoms with Gasteiger partial charge >= 0.3 is 5.97 Å². The van der Waals surface area contributed by atoms with Crippen LogP contribution in [0.1, 0.15) is 27.0 Å². The van der Waals surface area contributed by atoms with E-state index in [9.17, 15) is 9.90 Å². The number of aromatic amines is 1. The van der Waals surface area contributed by atoms with Gasteiger partial charge in [-0.2, -0.15) is 0 Å². The number of nitrogens with two attached hydrogens (primary N) is 1. The molecule has 2 aromatic carbocycles. The molecule has 24 heavy (non-hydrogen) atoms. The Morgan fingerprint density at radius 1 is 1.25 bits per heavy atom. The van der Waals surface area contributed by atoms with Gasteiger partial charge in [-0.1, -0.05) is 12.1 Å². The summed E-state index contributed by atoms with van der Waals surface area (Å²) in [5.41, 5.74) is 9.77. The van der Waals surface area contributed by atoms with Crippen LogP contribution in [0, 0.1) is 6.92 Å². The highest BCUT2D eigenvalue weighted by atomic mass is 16.5. The fraction of sp³-hybridized carbons (Fsp3) is 0.211. The van der Waals surface area contributed by atoms with Crippen molar-refractivity contribution in [2.45, 2.75) is 20.0 Å². The lowest BCUT2D eigenvalue weighted by Gasteiger charge is -2.11. The number of hydrogen-bond acceptors (Lipinski definition) is 3. The van der Waals surface area contributed by atoms with Crippen LogP contribution in [0.5, 0.6) is 5.75 Å². The molecule has 0 amide bonds. The molecule has 1 aromatic heterocycles. The summed E-state index contributed by atoms with van der Waals surface area (Å²) in [6.45, 7) is 2.73. The van der Waals surface area contributed by atoms with Crippen molar-refractivity contribution < 1.29 is 14.6 Å². The van der Waals surface area contributed by atoms with Gasteiger partial charge in [-0.05, 0) is 60.8 Å². The highest BCUT2D eigenvalue weighted by Gasteiger charge is 2.11. The van der Waals surface area contributed by atoms with Crippen molar-refractivity contribution in [1.82, 2.24) is 4.98 Å². The molecule has 1 heterocycles. The van der Waals surface area contributed by atoms with Gasteiger partial charge in [-0.3, -0.25) is 0 Å². The predicted octanol–water partition coefficient (Wildman–Crippen LogP) is 3.25. The van der Waals surface area contributed by atoms with Gasteiger partial charge in [-0.15, -0.1) is 0 Å². The van der Waals surface area contributed by atoms with Gasteiger partial charge in [-0.25, -0.2) is 4.79 Å². The maximum absolute atomic E-state index is 11.2. The molecule has 0 bridgehead atoms. The first-order valence-electron chi connectivity index (χ1n) is 7.85. The fourth-order valence-corrected chi connectivity index (χ4v) is 2.84. The molecular weight excluding hydrogens is 304 g/mol. The number of rotatable bonds is 6. The Morgan fingerprint density at radius 3 is 2.83 bits per heavy atom. The summed E-state index contributed by atoms with van der Waals surface area (Å²) in [4.78, 5) is 14.4. The molecule has 0 aliphatic heterocycles. The largest absolute Gasteiger partial charge is 0.489 e. The molecule has 5 nitrogen and oxygen atoms in total. The average molecular weight is 324 g/mol. The Bertz CT molecular complexity index is 883. The Labute approximate surface area is 140 Å². The number of carboxylic acid groups (broad SMARTS) is 1. The highest BCUT2D eigenvalue weighted by Crippen LogP contribution is 2.25. The number of nitrogens with one attached hydrogen (secondary N) is 1. The zero-order chi connectivity index (χ0) is 17.1. The number of hydrogen-bond donors (Lipinski definition) is 3. The van der Waals surface area contributed by atoms with Crippen LogP contribution >= 0.6 is 0 Å². The summed E-state index contributed by atoms with van der Waals surface area (Å²) in [6, 6.07) is 11.1. The van der Waals surface area contributed by atoms with Crippen LogP contribution in [0.15, 0.2) is 42.6 Å². The van der Waals surface area contributed by atoms with Crippen molar-refractivity contribution in [2.75, 3.05) is 6.54 Å². The molecule has 0 saturated carbocycles. The molecule has 124 valence electrons. The summed E-state index contributed by atoms with van der Waals surface area (Å²) >= 11 is 0. The number of aromatic carboxylic acids is 1. The average Bonchev–Trinajstić information content (AvgIpc) is 2.96. The van der Waals surface area contributed by atoms with E-state index < -0.39 is 5.97 Å². The first kappa shape index (κ1) is 16.1. The van der Waals surface area contributed by atoms with Crippen molar-refractivity contribution in [3.05, 3.63) is 64.8 Å². The van der Waals surface area contributed by atoms with Crippen molar-refractivity contribution in [3.8, 4) is 5.75 Å². The monoisotopic (exact) mass is 324 g/mol. The summed E-state index contributed by atoms with van der Waals surface area (Å²) < 4.78 is 5.88. The summed E-state index contributed by atoms with van der Waals surface area (Å²) in [6.07, 6.45) is 2.78. The van der Waals surface area contributed by atoms with E-state index in [4.69, 9.17) is 10.5 Å². The number of ether oxygens (including phenoxy) is 1. The van der Waals surface area contributed by atoms with E-state index in [1.807, 2.05) is 30.5 Å². The van der Waals surface area contributed by atoms with Crippen molar-refractivity contribution in [2.24, 2.45) is 5.73 Å². The molecule has 0 aliphatic rings. The summed E-state index contributed by atoms with van der Waals surface area (Å²) in [7, 11) is 0. The van der Waals surface area contributed by atoms with E-state index in [0.29, 0.717) is 18.7 Å². The third-order valence-electron chi connectivity index (χ3n) is 4.22. The van der Waals surface area contributed by atoms with E-state index in [-0.39, 0.29) is 0 Å².